The summed E-state index contributed by atoms with van der Waals surface area (Å²) in [5.74, 6) is -0.514. The summed E-state index contributed by atoms with van der Waals surface area (Å²) in [4.78, 5) is 24.6. The van der Waals surface area contributed by atoms with Gasteiger partial charge in [0.1, 0.15) is 0 Å². The van der Waals surface area contributed by atoms with Gasteiger partial charge in [-0.3, -0.25) is 14.5 Å². The summed E-state index contributed by atoms with van der Waals surface area (Å²) in [7, 11) is 0. The first kappa shape index (κ1) is 16.0. The van der Waals surface area contributed by atoms with Crippen LogP contribution in [0.4, 0.5) is 5.69 Å². The van der Waals surface area contributed by atoms with Crippen LogP contribution in [-0.2, 0) is 11.3 Å². The van der Waals surface area contributed by atoms with E-state index in [1.165, 1.54) is 0 Å². The van der Waals surface area contributed by atoms with Gasteiger partial charge in [-0.1, -0.05) is 13.0 Å². The van der Waals surface area contributed by atoms with Crippen LogP contribution < -0.4 is 16.8 Å². The molecule has 0 atom stereocenters. The van der Waals surface area contributed by atoms with Crippen molar-refractivity contribution in [3.8, 4) is 0 Å². The molecule has 0 aliphatic carbocycles. The van der Waals surface area contributed by atoms with Crippen molar-refractivity contribution in [3.63, 3.8) is 0 Å². The van der Waals surface area contributed by atoms with Crippen molar-refractivity contribution in [1.29, 1.82) is 0 Å². The molecular weight excluding hydrogens is 256 g/mol. The maximum atomic E-state index is 11.6. The van der Waals surface area contributed by atoms with Crippen molar-refractivity contribution in [2.75, 3.05) is 25.4 Å². The molecule has 0 aliphatic rings. The largest absolute Gasteiger partial charge is 0.398 e. The lowest BCUT2D eigenvalue weighted by Crippen LogP contribution is -2.36. The van der Waals surface area contributed by atoms with Crippen LogP contribution in [0, 0.1) is 0 Å². The third-order valence-electron chi connectivity index (χ3n) is 3.01. The predicted molar refractivity (Wildman–Crippen MR) is 79.0 cm³/mol. The van der Waals surface area contributed by atoms with Gasteiger partial charge in [0, 0.05) is 24.3 Å². The topological polar surface area (TPSA) is 101 Å². The molecule has 1 aromatic carbocycles. The Kier molecular flexibility index (Phi) is 5.99. The summed E-state index contributed by atoms with van der Waals surface area (Å²) < 4.78 is 0. The second kappa shape index (κ2) is 7.49. The van der Waals surface area contributed by atoms with Gasteiger partial charge in [0.2, 0.25) is 11.8 Å². The summed E-state index contributed by atoms with van der Waals surface area (Å²) in [5.41, 5.74) is 12.9. The molecule has 2 amide bonds. The van der Waals surface area contributed by atoms with Crippen LogP contribution in [0.1, 0.15) is 29.8 Å². The first-order valence-corrected chi connectivity index (χ1v) is 6.65. The number of benzene rings is 1. The average Bonchev–Trinajstić information content (AvgIpc) is 2.40. The number of rotatable bonds is 7. The lowest BCUT2D eigenvalue weighted by atomic mass is 10.1. The van der Waals surface area contributed by atoms with Crippen molar-refractivity contribution >= 4 is 17.5 Å². The summed E-state index contributed by atoms with van der Waals surface area (Å²) in [6.45, 7) is 6.09. The van der Waals surface area contributed by atoms with Gasteiger partial charge >= 0.3 is 0 Å². The van der Waals surface area contributed by atoms with Crippen LogP contribution in [0.3, 0.4) is 0 Å². The SMILES string of the molecule is CCNC(=O)CN(CC)Cc1ccc(C(N)=O)cc1N. The monoisotopic (exact) mass is 278 g/mol. The van der Waals surface area contributed by atoms with Crippen LogP contribution in [0.25, 0.3) is 0 Å². The Hall–Kier alpha value is -2.08. The molecule has 0 heterocycles. The van der Waals surface area contributed by atoms with Gasteiger partial charge < -0.3 is 16.8 Å². The van der Waals surface area contributed by atoms with Crippen LogP contribution >= 0.6 is 0 Å². The quantitative estimate of drug-likeness (QED) is 0.625. The highest BCUT2D eigenvalue weighted by atomic mass is 16.2. The smallest absolute Gasteiger partial charge is 0.248 e. The van der Waals surface area contributed by atoms with E-state index in [-0.39, 0.29) is 5.91 Å². The van der Waals surface area contributed by atoms with E-state index in [9.17, 15) is 9.59 Å². The number of nitrogens with two attached hydrogens (primary N) is 2. The summed E-state index contributed by atoms with van der Waals surface area (Å²) in [6, 6.07) is 4.99. The molecule has 6 nitrogen and oxygen atoms in total. The molecule has 0 aliphatic heterocycles. The number of nitrogens with zero attached hydrogens (tertiary/aromatic N) is 1. The Balaban J connectivity index is 2.75. The van der Waals surface area contributed by atoms with Crippen LogP contribution in [0.15, 0.2) is 18.2 Å². The lowest BCUT2D eigenvalue weighted by Gasteiger charge is -2.20. The molecule has 20 heavy (non-hydrogen) atoms. The number of carbonyl (C=O) groups is 2. The molecule has 5 N–H and O–H groups in total. The predicted octanol–water partition coefficient (Wildman–Crippen LogP) is 0.326. The standard InChI is InChI=1S/C14H22N4O2/c1-3-17-13(19)9-18(4-2)8-11-6-5-10(14(16)20)7-12(11)15/h5-7H,3-4,8-9,15H2,1-2H3,(H2,16,20)(H,17,19). The minimum Gasteiger partial charge on any atom is -0.398 e. The number of likely N-dealkylation sites (N-methyl/N-ethyl adjacent to an activating group) is 2. The maximum absolute atomic E-state index is 11.6. The van der Waals surface area contributed by atoms with Crippen LogP contribution in [-0.4, -0.2) is 36.3 Å². The normalized spacial score (nSPS) is 10.6. The van der Waals surface area contributed by atoms with E-state index in [2.05, 4.69) is 5.32 Å². The minimum atomic E-state index is -0.502. The lowest BCUT2D eigenvalue weighted by molar-refractivity contribution is -0.122. The van der Waals surface area contributed by atoms with E-state index in [1.54, 1.807) is 18.2 Å². The number of hydrogen-bond donors (Lipinski definition) is 3. The first-order chi connectivity index (χ1) is 9.47. The zero-order chi connectivity index (χ0) is 15.1. The number of hydrogen-bond acceptors (Lipinski definition) is 4. The number of nitrogen functional groups attached to an aromatic ring is 1. The minimum absolute atomic E-state index is 0.0123. The first-order valence-electron chi connectivity index (χ1n) is 6.65. The van der Waals surface area contributed by atoms with Crippen LogP contribution in [0.2, 0.25) is 0 Å². The summed E-state index contributed by atoms with van der Waals surface area (Å²) >= 11 is 0. The van der Waals surface area contributed by atoms with E-state index in [1.807, 2.05) is 18.7 Å². The van der Waals surface area contributed by atoms with Gasteiger partial charge in [-0.05, 0) is 31.2 Å². The second-order valence-corrected chi connectivity index (χ2v) is 4.53. The van der Waals surface area contributed by atoms with Crippen molar-refractivity contribution in [2.45, 2.75) is 20.4 Å². The molecule has 6 heteroatoms. The van der Waals surface area contributed by atoms with Crippen molar-refractivity contribution in [2.24, 2.45) is 5.73 Å². The average molecular weight is 278 g/mol. The van der Waals surface area contributed by atoms with Gasteiger partial charge in [-0.25, -0.2) is 0 Å². The van der Waals surface area contributed by atoms with Crippen molar-refractivity contribution < 1.29 is 9.59 Å². The summed E-state index contributed by atoms with van der Waals surface area (Å²) in [5, 5.41) is 2.76. The zero-order valence-electron chi connectivity index (χ0n) is 12.0. The fraction of sp³-hybridized carbons (Fsp3) is 0.429. The highest BCUT2D eigenvalue weighted by molar-refractivity contribution is 5.93. The van der Waals surface area contributed by atoms with E-state index < -0.39 is 5.91 Å². The molecule has 0 saturated carbocycles. The third kappa shape index (κ3) is 4.55. The van der Waals surface area contributed by atoms with Gasteiger partial charge in [-0.15, -0.1) is 0 Å². The maximum Gasteiger partial charge on any atom is 0.248 e. The molecular formula is C14H22N4O2. The highest BCUT2D eigenvalue weighted by Crippen LogP contribution is 2.16. The number of carbonyl (C=O) groups excluding carboxylic acids is 2. The highest BCUT2D eigenvalue weighted by Gasteiger charge is 2.11. The molecule has 0 radical (unpaired) electrons. The van der Waals surface area contributed by atoms with Gasteiger partial charge in [0.15, 0.2) is 0 Å². The van der Waals surface area contributed by atoms with E-state index in [0.717, 1.165) is 12.1 Å². The third-order valence-corrected chi connectivity index (χ3v) is 3.01. The Labute approximate surface area is 119 Å². The van der Waals surface area contributed by atoms with Crippen molar-refractivity contribution in [1.82, 2.24) is 10.2 Å². The Morgan fingerprint density at radius 2 is 2.00 bits per heavy atom. The Bertz CT molecular complexity index is 488. The van der Waals surface area contributed by atoms with Gasteiger partial charge in [0.05, 0.1) is 6.54 Å². The van der Waals surface area contributed by atoms with Crippen molar-refractivity contribution in [3.05, 3.63) is 29.3 Å². The molecule has 0 fully saturated rings. The molecule has 0 unspecified atom stereocenters. The fourth-order valence-corrected chi connectivity index (χ4v) is 1.87. The number of amides is 2. The number of nitrogens with one attached hydrogen (secondary N) is 1. The molecule has 1 rings (SSSR count). The Morgan fingerprint density at radius 1 is 1.30 bits per heavy atom. The number of anilines is 1. The fourth-order valence-electron chi connectivity index (χ4n) is 1.87. The molecule has 0 spiro atoms. The molecule has 1 aromatic rings. The molecule has 0 aromatic heterocycles. The molecule has 110 valence electrons. The zero-order valence-corrected chi connectivity index (χ0v) is 12.0. The summed E-state index contributed by atoms with van der Waals surface area (Å²) in [6.07, 6.45) is 0. The molecule has 0 saturated heterocycles. The van der Waals surface area contributed by atoms with E-state index in [4.69, 9.17) is 11.5 Å². The van der Waals surface area contributed by atoms with Gasteiger partial charge in [0.25, 0.3) is 0 Å². The van der Waals surface area contributed by atoms with E-state index in [0.29, 0.717) is 30.9 Å². The second-order valence-electron chi connectivity index (χ2n) is 4.53. The van der Waals surface area contributed by atoms with Crippen LogP contribution in [0.5, 0.6) is 0 Å². The van der Waals surface area contributed by atoms with E-state index >= 15 is 0 Å². The van der Waals surface area contributed by atoms with Gasteiger partial charge in [-0.2, -0.15) is 0 Å². The Morgan fingerprint density at radius 3 is 2.50 bits per heavy atom. The number of primary amides is 1. The molecule has 0 bridgehead atoms.